The van der Waals surface area contributed by atoms with Crippen LogP contribution in [0.5, 0.6) is 0 Å². The van der Waals surface area contributed by atoms with Gasteiger partial charge in [-0.3, -0.25) is 14.9 Å². The molecule has 0 aliphatic rings. The Hall–Kier alpha value is -2.21. The van der Waals surface area contributed by atoms with Crippen molar-refractivity contribution in [1.29, 1.82) is 0 Å². The number of nitro benzene ring substituents is 1. The predicted octanol–water partition coefficient (Wildman–Crippen LogP) is 4.23. The molecule has 0 aliphatic carbocycles. The molecule has 0 unspecified atom stereocenters. The molecule has 0 heterocycles. The molecule has 0 saturated heterocycles. The van der Waals surface area contributed by atoms with Crippen LogP contribution in [0.2, 0.25) is 0 Å². The number of rotatable bonds is 3. The fourth-order valence-electron chi connectivity index (χ4n) is 1.90. The van der Waals surface area contributed by atoms with Crippen molar-refractivity contribution >= 4 is 33.2 Å². The van der Waals surface area contributed by atoms with Crippen LogP contribution < -0.4 is 5.32 Å². The van der Waals surface area contributed by atoms with E-state index in [1.807, 2.05) is 19.1 Å². The van der Waals surface area contributed by atoms with Crippen LogP contribution in [0.3, 0.4) is 0 Å². The molecule has 0 atom stereocenters. The number of benzene rings is 2. The van der Waals surface area contributed by atoms with Gasteiger partial charge in [-0.15, -0.1) is 0 Å². The summed E-state index contributed by atoms with van der Waals surface area (Å²) in [6.07, 6.45) is 0. The Labute approximate surface area is 130 Å². The van der Waals surface area contributed by atoms with Gasteiger partial charge >= 0.3 is 0 Å². The van der Waals surface area contributed by atoms with Crippen molar-refractivity contribution in [3.8, 4) is 0 Å². The average molecular weight is 349 g/mol. The maximum atomic E-state index is 12.3. The van der Waals surface area contributed by atoms with Crippen molar-refractivity contribution in [2.24, 2.45) is 0 Å². The molecule has 0 saturated carbocycles. The third-order valence-corrected chi connectivity index (χ3v) is 4.17. The van der Waals surface area contributed by atoms with E-state index in [9.17, 15) is 14.9 Å². The van der Waals surface area contributed by atoms with E-state index < -0.39 is 4.92 Å². The fraction of sp³-hybridized carbons (Fsp3) is 0.133. The molecule has 0 radical (unpaired) electrons. The van der Waals surface area contributed by atoms with Gasteiger partial charge in [0, 0.05) is 22.2 Å². The highest BCUT2D eigenvalue weighted by molar-refractivity contribution is 9.10. The lowest BCUT2D eigenvalue weighted by Gasteiger charge is -2.10. The lowest BCUT2D eigenvalue weighted by atomic mass is 10.1. The molecule has 2 rings (SSSR count). The highest BCUT2D eigenvalue weighted by atomic mass is 79.9. The lowest BCUT2D eigenvalue weighted by molar-refractivity contribution is -0.384. The summed E-state index contributed by atoms with van der Waals surface area (Å²) in [5.41, 5.74) is 2.49. The largest absolute Gasteiger partial charge is 0.321 e. The summed E-state index contributed by atoms with van der Waals surface area (Å²) in [5, 5.41) is 13.6. The summed E-state index contributed by atoms with van der Waals surface area (Å²) in [6.45, 7) is 3.66. The summed E-state index contributed by atoms with van der Waals surface area (Å²) < 4.78 is 0.793. The Bertz CT molecular complexity index is 729. The lowest BCUT2D eigenvalue weighted by Crippen LogP contribution is -2.14. The van der Waals surface area contributed by atoms with Crippen LogP contribution in [-0.4, -0.2) is 10.8 Å². The van der Waals surface area contributed by atoms with Gasteiger partial charge in [0.05, 0.1) is 10.6 Å². The van der Waals surface area contributed by atoms with E-state index in [0.29, 0.717) is 11.3 Å². The van der Waals surface area contributed by atoms with Crippen LogP contribution in [0.4, 0.5) is 11.4 Å². The monoisotopic (exact) mass is 348 g/mol. The Morgan fingerprint density at radius 3 is 2.57 bits per heavy atom. The molecule has 0 fully saturated rings. The van der Waals surface area contributed by atoms with Gasteiger partial charge in [0.1, 0.15) is 0 Å². The first-order valence-electron chi connectivity index (χ1n) is 6.21. The molecule has 21 heavy (non-hydrogen) atoms. The molecule has 108 valence electrons. The Balaban J connectivity index is 2.34. The minimum Gasteiger partial charge on any atom is -0.321 e. The van der Waals surface area contributed by atoms with Crippen LogP contribution in [0.1, 0.15) is 21.5 Å². The zero-order valence-electron chi connectivity index (χ0n) is 11.5. The maximum absolute atomic E-state index is 12.3. The number of carbonyl (C=O) groups is 1. The molecule has 0 aliphatic heterocycles. The maximum Gasteiger partial charge on any atom is 0.270 e. The topological polar surface area (TPSA) is 72.2 Å². The van der Waals surface area contributed by atoms with Crippen molar-refractivity contribution < 1.29 is 9.72 Å². The van der Waals surface area contributed by atoms with E-state index in [4.69, 9.17) is 0 Å². The summed E-state index contributed by atoms with van der Waals surface area (Å²) in [5.74, 6) is -0.373. The number of aryl methyl sites for hydroxylation is 2. The fourth-order valence-corrected chi connectivity index (χ4v) is 2.27. The van der Waals surface area contributed by atoms with Crippen LogP contribution >= 0.6 is 15.9 Å². The van der Waals surface area contributed by atoms with Gasteiger partial charge in [-0.05, 0) is 47.0 Å². The van der Waals surface area contributed by atoms with Crippen molar-refractivity contribution in [1.82, 2.24) is 0 Å². The van der Waals surface area contributed by atoms with E-state index in [0.717, 1.165) is 10.0 Å². The minimum absolute atomic E-state index is 0.103. The van der Waals surface area contributed by atoms with Crippen LogP contribution in [0, 0.1) is 24.0 Å². The molecule has 1 N–H and O–H groups in total. The molecule has 6 heteroatoms. The summed E-state index contributed by atoms with van der Waals surface area (Å²) in [7, 11) is 0. The predicted molar refractivity (Wildman–Crippen MR) is 84.7 cm³/mol. The summed E-state index contributed by atoms with van der Waals surface area (Å²) in [6, 6.07) is 9.75. The van der Waals surface area contributed by atoms with Crippen molar-refractivity contribution in [3.63, 3.8) is 0 Å². The highest BCUT2D eigenvalue weighted by Gasteiger charge is 2.15. The molecular formula is C15H13BrN2O3. The minimum atomic E-state index is -0.515. The van der Waals surface area contributed by atoms with Gasteiger partial charge in [0.2, 0.25) is 0 Å². The van der Waals surface area contributed by atoms with Gasteiger partial charge in [0.25, 0.3) is 11.6 Å². The van der Waals surface area contributed by atoms with E-state index in [1.165, 1.54) is 12.1 Å². The van der Waals surface area contributed by atoms with Crippen molar-refractivity contribution in [2.45, 2.75) is 13.8 Å². The Kier molecular flexibility index (Phi) is 4.37. The molecule has 0 bridgehead atoms. The number of nitrogens with one attached hydrogen (secondary N) is 1. The molecule has 5 nitrogen and oxygen atoms in total. The van der Waals surface area contributed by atoms with E-state index in [2.05, 4.69) is 21.2 Å². The SMILES string of the molecule is Cc1ccc([N+](=O)[O-])cc1C(=O)Nc1cccc(C)c1Br. The number of carbonyl (C=O) groups excluding carboxylic acids is 1. The Morgan fingerprint density at radius 2 is 1.90 bits per heavy atom. The van der Waals surface area contributed by atoms with Crippen LogP contribution in [-0.2, 0) is 0 Å². The number of nitro groups is 1. The van der Waals surface area contributed by atoms with Crippen molar-refractivity contribution in [2.75, 3.05) is 5.32 Å². The molecule has 0 spiro atoms. The first-order chi connectivity index (χ1) is 9.90. The number of nitrogens with zero attached hydrogens (tertiary/aromatic N) is 1. The third-order valence-electron chi connectivity index (χ3n) is 3.12. The molecular weight excluding hydrogens is 336 g/mol. The van der Waals surface area contributed by atoms with Crippen LogP contribution in [0.25, 0.3) is 0 Å². The summed E-state index contributed by atoms with van der Waals surface area (Å²) >= 11 is 3.41. The smallest absolute Gasteiger partial charge is 0.270 e. The number of hydrogen-bond donors (Lipinski definition) is 1. The van der Waals surface area contributed by atoms with E-state index in [-0.39, 0.29) is 17.2 Å². The summed E-state index contributed by atoms with van der Waals surface area (Å²) in [4.78, 5) is 22.6. The number of anilines is 1. The first-order valence-corrected chi connectivity index (χ1v) is 7.01. The van der Waals surface area contributed by atoms with Gasteiger partial charge in [0.15, 0.2) is 0 Å². The van der Waals surface area contributed by atoms with Gasteiger partial charge in [-0.2, -0.15) is 0 Å². The number of hydrogen-bond acceptors (Lipinski definition) is 3. The van der Waals surface area contributed by atoms with Crippen LogP contribution in [0.15, 0.2) is 40.9 Å². The molecule has 1 amide bonds. The third kappa shape index (κ3) is 3.28. The Morgan fingerprint density at radius 1 is 1.19 bits per heavy atom. The quantitative estimate of drug-likeness (QED) is 0.666. The first kappa shape index (κ1) is 15.2. The number of halogens is 1. The number of amides is 1. The molecule has 2 aromatic rings. The van der Waals surface area contributed by atoms with Crippen molar-refractivity contribution in [3.05, 3.63) is 67.7 Å². The molecule has 2 aromatic carbocycles. The van der Waals surface area contributed by atoms with Gasteiger partial charge in [-0.1, -0.05) is 18.2 Å². The molecule has 0 aromatic heterocycles. The van der Waals surface area contributed by atoms with E-state index >= 15 is 0 Å². The second-order valence-corrected chi connectivity index (χ2v) is 5.44. The standard InChI is InChI=1S/C15H13BrN2O3/c1-9-6-7-11(18(20)21)8-12(9)15(19)17-13-5-3-4-10(2)14(13)16/h3-8H,1-2H3,(H,17,19). The highest BCUT2D eigenvalue weighted by Crippen LogP contribution is 2.27. The van der Waals surface area contributed by atoms with Gasteiger partial charge < -0.3 is 5.32 Å². The zero-order valence-corrected chi connectivity index (χ0v) is 13.1. The van der Waals surface area contributed by atoms with Gasteiger partial charge in [-0.25, -0.2) is 0 Å². The van der Waals surface area contributed by atoms with E-state index in [1.54, 1.807) is 19.1 Å². The second kappa shape index (κ2) is 6.05. The zero-order chi connectivity index (χ0) is 15.6. The second-order valence-electron chi connectivity index (χ2n) is 4.65. The average Bonchev–Trinajstić information content (AvgIpc) is 2.44. The normalized spacial score (nSPS) is 10.2. The number of non-ortho nitro benzene ring substituents is 1.